The molecule has 2 aromatic carbocycles. The maximum atomic E-state index is 11.6. The summed E-state index contributed by atoms with van der Waals surface area (Å²) in [6.07, 6.45) is 0. The molecule has 8 nitrogen and oxygen atoms in total. The Morgan fingerprint density at radius 1 is 1.06 bits per heavy atom. The van der Waals surface area contributed by atoms with Crippen LogP contribution in [0, 0.1) is 6.92 Å². The molecule has 1 heterocycles. The third-order valence-corrected chi connectivity index (χ3v) is 5.00. The monoisotopic (exact) mass is 566 g/mol. The molecule has 3 N–H and O–H groups in total. The van der Waals surface area contributed by atoms with Gasteiger partial charge in [-0.05, 0) is 37.6 Å². The summed E-state index contributed by atoms with van der Waals surface area (Å²) in [5.41, 5.74) is 2.98. The van der Waals surface area contributed by atoms with Gasteiger partial charge >= 0.3 is 0 Å². The van der Waals surface area contributed by atoms with Gasteiger partial charge in [0.05, 0.1) is 13.7 Å². The zero-order valence-corrected chi connectivity index (χ0v) is 21.7. The summed E-state index contributed by atoms with van der Waals surface area (Å²) < 4.78 is 16.9. The van der Waals surface area contributed by atoms with Crippen molar-refractivity contribution >= 4 is 46.8 Å². The smallest absolute Gasteiger partial charge is 0.257 e. The number of amides is 1. The number of likely N-dealkylation sites (N-methyl/N-ethyl adjacent to an activating group) is 1. The Labute approximate surface area is 211 Å². The summed E-state index contributed by atoms with van der Waals surface area (Å²) in [5, 5.41) is 10.4. The van der Waals surface area contributed by atoms with E-state index in [0.29, 0.717) is 37.1 Å². The van der Waals surface area contributed by atoms with Crippen LogP contribution in [0.1, 0.15) is 23.8 Å². The van der Waals surface area contributed by atoms with Gasteiger partial charge in [-0.3, -0.25) is 9.79 Å². The van der Waals surface area contributed by atoms with E-state index in [9.17, 15) is 4.79 Å². The molecule has 3 aromatic rings. The number of hydrogen-bond donors (Lipinski definition) is 3. The minimum atomic E-state index is -0.171. The van der Waals surface area contributed by atoms with Crippen LogP contribution in [0.5, 0.6) is 11.5 Å². The summed E-state index contributed by atoms with van der Waals surface area (Å²) in [6, 6.07) is 13.6. The van der Waals surface area contributed by atoms with Crippen LogP contribution in [-0.4, -0.2) is 39.2 Å². The number of ether oxygens (including phenoxy) is 2. The van der Waals surface area contributed by atoms with Crippen molar-refractivity contribution in [1.29, 1.82) is 0 Å². The minimum absolute atomic E-state index is 0. The molecular formula is C24H31IN4O4. The largest absolute Gasteiger partial charge is 0.493 e. The average molecular weight is 566 g/mol. The molecule has 0 atom stereocenters. The van der Waals surface area contributed by atoms with Crippen LogP contribution < -0.4 is 25.4 Å². The van der Waals surface area contributed by atoms with Gasteiger partial charge in [0.25, 0.3) is 5.91 Å². The maximum absolute atomic E-state index is 11.6. The van der Waals surface area contributed by atoms with Gasteiger partial charge in [0.2, 0.25) is 0 Å². The van der Waals surface area contributed by atoms with Crippen LogP contribution in [0.2, 0.25) is 0 Å². The van der Waals surface area contributed by atoms with Crippen molar-refractivity contribution in [3.8, 4) is 11.5 Å². The SMILES string of the molecule is CCNC(=O)COc1ccc(CNC(=NC)NCc2oc3ccccc3c2C)cc1OC.I. The zero-order valence-electron chi connectivity index (χ0n) is 19.4. The Balaban J connectivity index is 0.00000385. The van der Waals surface area contributed by atoms with Crippen molar-refractivity contribution in [3.05, 3.63) is 59.4 Å². The Kier molecular flexibility index (Phi) is 10.3. The van der Waals surface area contributed by atoms with Gasteiger partial charge in [-0.15, -0.1) is 24.0 Å². The number of guanidine groups is 1. The Hall–Kier alpha value is -2.95. The van der Waals surface area contributed by atoms with E-state index in [1.165, 1.54) is 0 Å². The molecule has 1 amide bonds. The summed E-state index contributed by atoms with van der Waals surface area (Å²) in [5.74, 6) is 2.44. The Bertz CT molecular complexity index is 1100. The highest BCUT2D eigenvalue weighted by Crippen LogP contribution is 2.28. The number of carbonyl (C=O) groups is 1. The van der Waals surface area contributed by atoms with Crippen LogP contribution in [0.4, 0.5) is 0 Å². The molecule has 0 bridgehead atoms. The molecule has 0 saturated carbocycles. The third-order valence-electron chi connectivity index (χ3n) is 5.00. The number of nitrogens with zero attached hydrogens (tertiary/aromatic N) is 1. The molecule has 1 aromatic heterocycles. The third kappa shape index (κ3) is 7.01. The molecule has 0 aliphatic heterocycles. The highest BCUT2D eigenvalue weighted by Gasteiger charge is 2.11. The number of hydrogen-bond acceptors (Lipinski definition) is 5. The van der Waals surface area contributed by atoms with Crippen molar-refractivity contribution in [1.82, 2.24) is 16.0 Å². The fraction of sp³-hybridized carbons (Fsp3) is 0.333. The topological polar surface area (TPSA) is 97.1 Å². The standard InChI is InChI=1S/C24H30N4O4.HI/c1-5-26-23(29)15-31-20-11-10-17(12-21(20)30-4)13-27-24(25-3)28-14-22-16(2)18-8-6-7-9-19(18)32-22;/h6-12H,5,13-15H2,1-4H3,(H,26,29)(H2,25,27,28);1H. The summed E-state index contributed by atoms with van der Waals surface area (Å²) in [6.45, 7) is 5.48. The number of halogens is 1. The van der Waals surface area contributed by atoms with Gasteiger partial charge < -0.3 is 29.8 Å². The normalized spacial score (nSPS) is 11.0. The van der Waals surface area contributed by atoms with Crippen LogP contribution in [-0.2, 0) is 17.9 Å². The van der Waals surface area contributed by atoms with Crippen LogP contribution in [0.25, 0.3) is 11.0 Å². The lowest BCUT2D eigenvalue weighted by molar-refractivity contribution is -0.123. The van der Waals surface area contributed by atoms with E-state index < -0.39 is 0 Å². The van der Waals surface area contributed by atoms with Crippen LogP contribution >= 0.6 is 24.0 Å². The second-order valence-electron chi connectivity index (χ2n) is 7.15. The lowest BCUT2D eigenvalue weighted by Gasteiger charge is -2.14. The minimum Gasteiger partial charge on any atom is -0.493 e. The molecule has 0 spiro atoms. The first-order valence-electron chi connectivity index (χ1n) is 10.5. The average Bonchev–Trinajstić information content (AvgIpc) is 3.14. The van der Waals surface area contributed by atoms with Gasteiger partial charge in [0.1, 0.15) is 11.3 Å². The second-order valence-corrected chi connectivity index (χ2v) is 7.15. The number of furan rings is 1. The van der Waals surface area contributed by atoms with Gasteiger partial charge in [-0.1, -0.05) is 24.3 Å². The van der Waals surface area contributed by atoms with Crippen molar-refractivity contribution in [3.63, 3.8) is 0 Å². The van der Waals surface area contributed by atoms with Crippen molar-refractivity contribution in [2.75, 3.05) is 27.3 Å². The highest BCUT2D eigenvalue weighted by molar-refractivity contribution is 14.0. The number of rotatable bonds is 9. The maximum Gasteiger partial charge on any atom is 0.257 e. The Morgan fingerprint density at radius 2 is 1.82 bits per heavy atom. The van der Waals surface area contributed by atoms with Crippen molar-refractivity contribution in [2.24, 2.45) is 4.99 Å². The molecule has 33 heavy (non-hydrogen) atoms. The van der Waals surface area contributed by atoms with Gasteiger partial charge in [-0.2, -0.15) is 0 Å². The second kappa shape index (κ2) is 12.9. The predicted molar refractivity (Wildman–Crippen MR) is 141 cm³/mol. The molecule has 0 radical (unpaired) electrons. The van der Waals surface area contributed by atoms with Crippen molar-refractivity contribution in [2.45, 2.75) is 26.9 Å². The van der Waals surface area contributed by atoms with Gasteiger partial charge in [-0.25, -0.2) is 0 Å². The molecule has 9 heteroatoms. The van der Waals surface area contributed by atoms with Gasteiger partial charge in [0, 0.05) is 31.1 Å². The number of carbonyl (C=O) groups excluding carboxylic acids is 1. The zero-order chi connectivity index (χ0) is 22.9. The van der Waals surface area contributed by atoms with Gasteiger partial charge in [0.15, 0.2) is 24.1 Å². The summed E-state index contributed by atoms with van der Waals surface area (Å²) in [7, 11) is 3.29. The first kappa shape index (κ1) is 26.3. The van der Waals surface area contributed by atoms with Crippen LogP contribution in [0.15, 0.2) is 51.9 Å². The van der Waals surface area contributed by atoms with Crippen LogP contribution in [0.3, 0.4) is 0 Å². The number of aryl methyl sites for hydroxylation is 1. The van der Waals surface area contributed by atoms with E-state index in [0.717, 1.165) is 27.9 Å². The summed E-state index contributed by atoms with van der Waals surface area (Å²) in [4.78, 5) is 15.9. The molecule has 0 unspecified atom stereocenters. The number of para-hydroxylation sites is 1. The predicted octanol–water partition coefficient (Wildman–Crippen LogP) is 3.75. The first-order valence-corrected chi connectivity index (χ1v) is 10.5. The van der Waals surface area contributed by atoms with E-state index in [1.54, 1.807) is 20.2 Å². The van der Waals surface area contributed by atoms with E-state index in [1.807, 2.05) is 37.3 Å². The lowest BCUT2D eigenvalue weighted by Crippen LogP contribution is -2.36. The fourth-order valence-corrected chi connectivity index (χ4v) is 3.30. The Morgan fingerprint density at radius 3 is 2.52 bits per heavy atom. The van der Waals surface area contributed by atoms with E-state index in [2.05, 4.69) is 33.9 Å². The first-order chi connectivity index (χ1) is 15.5. The van der Waals surface area contributed by atoms with E-state index in [4.69, 9.17) is 13.9 Å². The molecule has 0 aliphatic rings. The molecule has 0 saturated heterocycles. The molecule has 178 valence electrons. The number of methoxy groups -OCH3 is 1. The van der Waals surface area contributed by atoms with E-state index >= 15 is 0 Å². The molecule has 3 rings (SSSR count). The quantitative estimate of drug-likeness (QED) is 0.208. The van der Waals surface area contributed by atoms with Crippen molar-refractivity contribution < 1.29 is 18.7 Å². The summed E-state index contributed by atoms with van der Waals surface area (Å²) >= 11 is 0. The van der Waals surface area contributed by atoms with E-state index in [-0.39, 0.29) is 36.5 Å². The molecular weight excluding hydrogens is 535 g/mol. The lowest BCUT2D eigenvalue weighted by atomic mass is 10.1. The number of nitrogens with one attached hydrogen (secondary N) is 3. The number of fused-ring (bicyclic) bond motifs is 1. The number of aliphatic imine (C=N–C) groups is 1. The number of benzene rings is 2. The highest BCUT2D eigenvalue weighted by atomic mass is 127. The fourth-order valence-electron chi connectivity index (χ4n) is 3.30. The molecule has 0 fully saturated rings. The molecule has 0 aliphatic carbocycles.